The van der Waals surface area contributed by atoms with Crippen LogP contribution in [0.15, 0.2) is 41.4 Å². The van der Waals surface area contributed by atoms with E-state index >= 15 is 0 Å². The van der Waals surface area contributed by atoms with Crippen molar-refractivity contribution in [2.75, 3.05) is 13.6 Å². The maximum absolute atomic E-state index is 12.9. The number of carbonyl (C=O) groups is 1. The highest BCUT2D eigenvalue weighted by Crippen LogP contribution is 2.25. The minimum Gasteiger partial charge on any atom is -0.332 e. The minimum absolute atomic E-state index is 0.191. The molecule has 2 aromatic rings. The van der Waals surface area contributed by atoms with E-state index in [4.69, 9.17) is 0 Å². The standard InChI is InChI=1S/C17H19FN4O3S/c1-19-26(24,25)16-4-2-3-12-11-22(8-7-15(12)16)17(23)21-10-14-6-5-13(18)9-20-14/h2-6,9,19H,7-8,10-11H2,1H3,(H,21,23). The fraction of sp³-hybridized carbons (Fsp3) is 0.294. The molecule has 0 atom stereocenters. The number of amides is 2. The second-order valence-corrected chi connectivity index (χ2v) is 7.75. The van der Waals surface area contributed by atoms with Gasteiger partial charge in [0.15, 0.2) is 0 Å². The van der Waals surface area contributed by atoms with Gasteiger partial charge in [-0.3, -0.25) is 4.98 Å². The molecule has 0 spiro atoms. The summed E-state index contributed by atoms with van der Waals surface area (Å²) in [4.78, 5) is 18.1. The van der Waals surface area contributed by atoms with Crippen molar-refractivity contribution in [1.82, 2.24) is 19.9 Å². The number of pyridine rings is 1. The van der Waals surface area contributed by atoms with Gasteiger partial charge in [-0.25, -0.2) is 22.3 Å². The van der Waals surface area contributed by atoms with Crippen LogP contribution in [0.5, 0.6) is 0 Å². The quantitative estimate of drug-likeness (QED) is 0.841. The lowest BCUT2D eigenvalue weighted by Crippen LogP contribution is -2.43. The zero-order valence-electron chi connectivity index (χ0n) is 14.2. The number of hydrogen-bond donors (Lipinski definition) is 2. The number of sulfonamides is 1. The van der Waals surface area contributed by atoms with Crippen LogP contribution >= 0.6 is 0 Å². The zero-order valence-corrected chi connectivity index (χ0v) is 15.0. The van der Waals surface area contributed by atoms with E-state index < -0.39 is 15.8 Å². The van der Waals surface area contributed by atoms with E-state index in [2.05, 4.69) is 15.0 Å². The molecule has 0 saturated heterocycles. The van der Waals surface area contributed by atoms with Crippen LogP contribution < -0.4 is 10.0 Å². The molecule has 0 fully saturated rings. The van der Waals surface area contributed by atoms with Crippen molar-refractivity contribution in [3.05, 3.63) is 59.2 Å². The van der Waals surface area contributed by atoms with E-state index in [0.717, 1.165) is 17.3 Å². The molecule has 0 radical (unpaired) electrons. The molecule has 9 heteroatoms. The molecule has 1 aromatic carbocycles. The van der Waals surface area contributed by atoms with Gasteiger partial charge in [0.2, 0.25) is 10.0 Å². The van der Waals surface area contributed by atoms with Crippen molar-refractivity contribution in [2.24, 2.45) is 0 Å². The van der Waals surface area contributed by atoms with Gasteiger partial charge in [0, 0.05) is 13.1 Å². The SMILES string of the molecule is CNS(=O)(=O)c1cccc2c1CCN(C(=O)NCc1ccc(F)cn1)C2. The maximum atomic E-state index is 12.9. The smallest absolute Gasteiger partial charge is 0.318 e. The Morgan fingerprint density at radius 2 is 2.12 bits per heavy atom. The van der Waals surface area contributed by atoms with Gasteiger partial charge in [-0.2, -0.15) is 0 Å². The maximum Gasteiger partial charge on any atom is 0.318 e. The van der Waals surface area contributed by atoms with E-state index in [1.54, 1.807) is 17.0 Å². The molecule has 2 N–H and O–H groups in total. The summed E-state index contributed by atoms with van der Waals surface area (Å²) in [5.74, 6) is -0.431. The van der Waals surface area contributed by atoms with E-state index in [1.807, 2.05) is 6.07 Å². The molecule has 0 unspecified atom stereocenters. The average molecular weight is 378 g/mol. The van der Waals surface area contributed by atoms with Gasteiger partial charge in [0.25, 0.3) is 0 Å². The Morgan fingerprint density at radius 3 is 2.81 bits per heavy atom. The van der Waals surface area contributed by atoms with Crippen LogP contribution in [0.1, 0.15) is 16.8 Å². The monoisotopic (exact) mass is 378 g/mol. The highest BCUT2D eigenvalue weighted by molar-refractivity contribution is 7.89. The number of carbonyl (C=O) groups excluding carboxylic acids is 1. The van der Waals surface area contributed by atoms with Crippen LogP contribution in [0.2, 0.25) is 0 Å². The van der Waals surface area contributed by atoms with E-state index in [-0.39, 0.29) is 17.5 Å². The lowest BCUT2D eigenvalue weighted by atomic mass is 10.00. The van der Waals surface area contributed by atoms with Crippen LogP contribution in [0.3, 0.4) is 0 Å². The summed E-state index contributed by atoms with van der Waals surface area (Å²) in [5.41, 5.74) is 2.10. The Balaban J connectivity index is 1.69. The zero-order chi connectivity index (χ0) is 18.7. The van der Waals surface area contributed by atoms with Crippen LogP contribution in [-0.4, -0.2) is 37.9 Å². The molecule has 2 amide bonds. The average Bonchev–Trinajstić information content (AvgIpc) is 2.66. The molecule has 26 heavy (non-hydrogen) atoms. The third-order valence-electron chi connectivity index (χ3n) is 4.28. The van der Waals surface area contributed by atoms with Crippen LogP contribution in [-0.2, 0) is 29.5 Å². The topological polar surface area (TPSA) is 91.4 Å². The van der Waals surface area contributed by atoms with E-state index in [0.29, 0.717) is 25.2 Å². The van der Waals surface area contributed by atoms with Gasteiger partial charge in [0.05, 0.1) is 23.3 Å². The van der Waals surface area contributed by atoms with E-state index in [1.165, 1.54) is 19.2 Å². The second kappa shape index (κ2) is 7.38. The summed E-state index contributed by atoms with van der Waals surface area (Å²) in [7, 11) is -2.16. The number of benzene rings is 1. The van der Waals surface area contributed by atoms with Gasteiger partial charge in [-0.1, -0.05) is 12.1 Å². The summed E-state index contributed by atoms with van der Waals surface area (Å²) < 4.78 is 39.5. The summed E-state index contributed by atoms with van der Waals surface area (Å²) >= 11 is 0. The van der Waals surface area contributed by atoms with Gasteiger partial charge in [0.1, 0.15) is 5.82 Å². The van der Waals surface area contributed by atoms with Crippen molar-refractivity contribution < 1.29 is 17.6 Å². The fourth-order valence-electron chi connectivity index (χ4n) is 2.90. The molecule has 2 heterocycles. The molecule has 1 aliphatic heterocycles. The Labute approximate surface area is 151 Å². The normalized spacial score (nSPS) is 14.0. The molecule has 1 aromatic heterocycles. The predicted octanol–water partition coefficient (Wildman–Crippen LogP) is 1.40. The highest BCUT2D eigenvalue weighted by atomic mass is 32.2. The first-order valence-electron chi connectivity index (χ1n) is 8.08. The molecule has 0 bridgehead atoms. The summed E-state index contributed by atoms with van der Waals surface area (Å²) in [5, 5.41) is 2.75. The minimum atomic E-state index is -3.54. The Morgan fingerprint density at radius 1 is 1.31 bits per heavy atom. The van der Waals surface area contributed by atoms with E-state index in [9.17, 15) is 17.6 Å². The Kier molecular flexibility index (Phi) is 5.19. The van der Waals surface area contributed by atoms with Gasteiger partial charge < -0.3 is 10.2 Å². The summed E-state index contributed by atoms with van der Waals surface area (Å²) in [6, 6.07) is 7.59. The molecule has 7 nitrogen and oxygen atoms in total. The number of urea groups is 1. The molecule has 0 saturated carbocycles. The first-order valence-corrected chi connectivity index (χ1v) is 9.56. The molecule has 1 aliphatic rings. The third-order valence-corrected chi connectivity index (χ3v) is 5.78. The number of nitrogens with one attached hydrogen (secondary N) is 2. The Hall–Kier alpha value is -2.52. The van der Waals surface area contributed by atoms with Crippen molar-refractivity contribution >= 4 is 16.1 Å². The fourth-order valence-corrected chi connectivity index (χ4v) is 3.93. The summed E-state index contributed by atoms with van der Waals surface area (Å²) in [6.07, 6.45) is 1.55. The first kappa shape index (κ1) is 18.3. The molecule has 3 rings (SSSR count). The van der Waals surface area contributed by atoms with Crippen LogP contribution in [0, 0.1) is 5.82 Å². The molecular formula is C17H19FN4O3S. The highest BCUT2D eigenvalue weighted by Gasteiger charge is 2.26. The number of hydrogen-bond acceptors (Lipinski definition) is 4. The molecule has 138 valence electrons. The lowest BCUT2D eigenvalue weighted by Gasteiger charge is -2.30. The van der Waals surface area contributed by atoms with Crippen LogP contribution in [0.25, 0.3) is 0 Å². The van der Waals surface area contributed by atoms with Gasteiger partial charge in [-0.05, 0) is 42.8 Å². The third kappa shape index (κ3) is 3.83. The first-order chi connectivity index (χ1) is 12.4. The largest absolute Gasteiger partial charge is 0.332 e. The number of nitrogens with zero attached hydrogens (tertiary/aromatic N) is 2. The molecular weight excluding hydrogens is 359 g/mol. The number of aromatic nitrogens is 1. The second-order valence-electron chi connectivity index (χ2n) is 5.90. The van der Waals surface area contributed by atoms with Crippen molar-refractivity contribution in [3.8, 4) is 0 Å². The number of rotatable bonds is 4. The van der Waals surface area contributed by atoms with Crippen molar-refractivity contribution in [3.63, 3.8) is 0 Å². The summed E-state index contributed by atoms with van der Waals surface area (Å²) in [6.45, 7) is 0.924. The van der Waals surface area contributed by atoms with Gasteiger partial charge in [-0.15, -0.1) is 0 Å². The Bertz CT molecular complexity index is 916. The van der Waals surface area contributed by atoms with Crippen molar-refractivity contribution in [2.45, 2.75) is 24.4 Å². The predicted molar refractivity (Wildman–Crippen MR) is 93.2 cm³/mol. The van der Waals surface area contributed by atoms with Crippen LogP contribution in [0.4, 0.5) is 9.18 Å². The van der Waals surface area contributed by atoms with Crippen molar-refractivity contribution in [1.29, 1.82) is 0 Å². The van der Waals surface area contributed by atoms with Gasteiger partial charge >= 0.3 is 6.03 Å². The lowest BCUT2D eigenvalue weighted by molar-refractivity contribution is 0.191. The number of fused-ring (bicyclic) bond motifs is 1. The molecule has 0 aliphatic carbocycles. The number of halogens is 1.